The number of rotatable bonds is 4. The van der Waals surface area contributed by atoms with Crippen molar-refractivity contribution in [3.8, 4) is 5.75 Å². The van der Waals surface area contributed by atoms with Crippen molar-refractivity contribution >= 4 is 0 Å². The van der Waals surface area contributed by atoms with E-state index in [4.69, 9.17) is 15.2 Å². The molecule has 4 nitrogen and oxygen atoms in total. The smallest absolute Gasteiger partial charge is 0.138 e. The number of hydrogen-bond donors (Lipinski definition) is 1. The highest BCUT2D eigenvalue weighted by Crippen LogP contribution is 2.16. The molecule has 1 aromatic heterocycles. The molecule has 0 amide bonds. The van der Waals surface area contributed by atoms with Gasteiger partial charge in [0, 0.05) is 24.6 Å². The van der Waals surface area contributed by atoms with Crippen molar-refractivity contribution in [1.29, 1.82) is 0 Å². The molecular formula is C12H18N2O2. The highest BCUT2D eigenvalue weighted by atomic mass is 16.5. The summed E-state index contributed by atoms with van der Waals surface area (Å²) in [6.45, 7) is 3.45. The summed E-state index contributed by atoms with van der Waals surface area (Å²) in [7, 11) is 0. The molecule has 1 aliphatic heterocycles. The molecule has 1 saturated heterocycles. The molecular weight excluding hydrogens is 204 g/mol. The second kappa shape index (κ2) is 5.27. The number of pyridine rings is 1. The van der Waals surface area contributed by atoms with Crippen LogP contribution >= 0.6 is 0 Å². The molecule has 1 fully saturated rings. The van der Waals surface area contributed by atoms with Gasteiger partial charge in [0.15, 0.2) is 0 Å². The summed E-state index contributed by atoms with van der Waals surface area (Å²) in [5.74, 6) is 0.809. The van der Waals surface area contributed by atoms with E-state index in [0.29, 0.717) is 6.61 Å². The van der Waals surface area contributed by atoms with Crippen LogP contribution in [-0.4, -0.2) is 30.3 Å². The SMILES string of the molecule is CC(N)Cc1ccc(OC2CCOC2)cn1. The van der Waals surface area contributed by atoms with E-state index in [1.54, 1.807) is 6.20 Å². The normalized spacial score (nSPS) is 22.0. The standard InChI is InChI=1S/C12H18N2O2/c1-9(13)6-10-2-3-11(7-14-10)16-12-4-5-15-8-12/h2-3,7,9,12H,4-6,8,13H2,1H3. The third-order valence-corrected chi connectivity index (χ3v) is 2.52. The minimum atomic E-state index is 0.141. The molecule has 0 bridgehead atoms. The molecule has 0 radical (unpaired) electrons. The summed E-state index contributed by atoms with van der Waals surface area (Å²) in [4.78, 5) is 4.32. The molecule has 1 aromatic rings. The van der Waals surface area contributed by atoms with Crippen molar-refractivity contribution in [3.05, 3.63) is 24.0 Å². The first-order valence-electron chi connectivity index (χ1n) is 5.69. The Hall–Kier alpha value is -1.13. The summed E-state index contributed by atoms with van der Waals surface area (Å²) < 4.78 is 11.0. The Morgan fingerprint density at radius 1 is 1.62 bits per heavy atom. The molecule has 0 saturated carbocycles. The van der Waals surface area contributed by atoms with Crippen molar-refractivity contribution < 1.29 is 9.47 Å². The molecule has 0 spiro atoms. The van der Waals surface area contributed by atoms with Gasteiger partial charge < -0.3 is 15.2 Å². The summed E-state index contributed by atoms with van der Waals surface area (Å²) >= 11 is 0. The van der Waals surface area contributed by atoms with Gasteiger partial charge in [-0.25, -0.2) is 0 Å². The van der Waals surface area contributed by atoms with E-state index in [-0.39, 0.29) is 12.1 Å². The van der Waals surface area contributed by atoms with Gasteiger partial charge in [0.2, 0.25) is 0 Å². The second-order valence-electron chi connectivity index (χ2n) is 4.27. The van der Waals surface area contributed by atoms with E-state index in [0.717, 1.165) is 30.9 Å². The van der Waals surface area contributed by atoms with E-state index in [1.165, 1.54) is 0 Å². The maximum Gasteiger partial charge on any atom is 0.138 e. The molecule has 2 atom stereocenters. The van der Waals surface area contributed by atoms with E-state index in [1.807, 2.05) is 19.1 Å². The topological polar surface area (TPSA) is 57.4 Å². The van der Waals surface area contributed by atoms with Gasteiger partial charge in [-0.05, 0) is 19.1 Å². The number of hydrogen-bond acceptors (Lipinski definition) is 4. The Labute approximate surface area is 95.8 Å². The van der Waals surface area contributed by atoms with E-state index in [2.05, 4.69) is 4.98 Å². The molecule has 0 aliphatic carbocycles. The second-order valence-corrected chi connectivity index (χ2v) is 4.27. The summed E-state index contributed by atoms with van der Waals surface area (Å²) in [5.41, 5.74) is 6.71. The van der Waals surface area contributed by atoms with E-state index < -0.39 is 0 Å². The highest BCUT2D eigenvalue weighted by Gasteiger charge is 2.17. The van der Waals surface area contributed by atoms with E-state index in [9.17, 15) is 0 Å². The Morgan fingerprint density at radius 2 is 2.50 bits per heavy atom. The summed E-state index contributed by atoms with van der Waals surface area (Å²) in [6.07, 6.45) is 3.70. The van der Waals surface area contributed by atoms with Crippen LogP contribution in [0.5, 0.6) is 5.75 Å². The number of nitrogens with zero attached hydrogens (tertiary/aromatic N) is 1. The van der Waals surface area contributed by atoms with Crippen LogP contribution in [0.4, 0.5) is 0 Å². The summed E-state index contributed by atoms with van der Waals surface area (Å²) in [5, 5.41) is 0. The molecule has 16 heavy (non-hydrogen) atoms. The van der Waals surface area contributed by atoms with Crippen molar-refractivity contribution in [3.63, 3.8) is 0 Å². The predicted molar refractivity (Wildman–Crippen MR) is 61.4 cm³/mol. The maximum absolute atomic E-state index is 5.72. The Balaban J connectivity index is 1.90. The largest absolute Gasteiger partial charge is 0.486 e. The van der Waals surface area contributed by atoms with Gasteiger partial charge >= 0.3 is 0 Å². The lowest BCUT2D eigenvalue weighted by Gasteiger charge is -2.11. The van der Waals surface area contributed by atoms with Gasteiger partial charge in [0.25, 0.3) is 0 Å². The van der Waals surface area contributed by atoms with Gasteiger partial charge in [0.1, 0.15) is 11.9 Å². The average molecular weight is 222 g/mol. The van der Waals surface area contributed by atoms with Gasteiger partial charge in [-0.1, -0.05) is 0 Å². The zero-order valence-electron chi connectivity index (χ0n) is 9.56. The maximum atomic E-state index is 5.72. The van der Waals surface area contributed by atoms with Crippen LogP contribution in [0.25, 0.3) is 0 Å². The highest BCUT2D eigenvalue weighted by molar-refractivity contribution is 5.20. The number of aromatic nitrogens is 1. The first-order valence-corrected chi connectivity index (χ1v) is 5.69. The minimum Gasteiger partial charge on any atom is -0.486 e. The van der Waals surface area contributed by atoms with Crippen molar-refractivity contribution in [2.24, 2.45) is 5.73 Å². The van der Waals surface area contributed by atoms with Gasteiger partial charge in [-0.2, -0.15) is 0 Å². The molecule has 2 heterocycles. The molecule has 1 aliphatic rings. The third kappa shape index (κ3) is 3.18. The molecule has 4 heteroatoms. The number of ether oxygens (including phenoxy) is 2. The van der Waals surface area contributed by atoms with Crippen molar-refractivity contribution in [1.82, 2.24) is 4.98 Å². The van der Waals surface area contributed by atoms with Crippen LogP contribution in [0.1, 0.15) is 19.0 Å². The fourth-order valence-corrected chi connectivity index (χ4v) is 1.73. The molecule has 2 unspecified atom stereocenters. The quantitative estimate of drug-likeness (QED) is 0.830. The summed E-state index contributed by atoms with van der Waals surface area (Å²) in [6, 6.07) is 4.06. The van der Waals surface area contributed by atoms with Crippen LogP contribution < -0.4 is 10.5 Å². The van der Waals surface area contributed by atoms with Crippen molar-refractivity contribution in [2.75, 3.05) is 13.2 Å². The van der Waals surface area contributed by atoms with Crippen LogP contribution in [0, 0.1) is 0 Å². The van der Waals surface area contributed by atoms with Crippen LogP contribution in [0.15, 0.2) is 18.3 Å². The van der Waals surface area contributed by atoms with E-state index >= 15 is 0 Å². The first kappa shape index (κ1) is 11.4. The Morgan fingerprint density at radius 3 is 3.06 bits per heavy atom. The average Bonchev–Trinajstić information content (AvgIpc) is 2.73. The molecule has 2 rings (SSSR count). The monoisotopic (exact) mass is 222 g/mol. The van der Waals surface area contributed by atoms with Crippen molar-refractivity contribution in [2.45, 2.75) is 31.9 Å². The van der Waals surface area contributed by atoms with Crippen LogP contribution in [0.2, 0.25) is 0 Å². The molecule has 2 N–H and O–H groups in total. The molecule has 0 aromatic carbocycles. The lowest BCUT2D eigenvalue weighted by atomic mass is 10.2. The lowest BCUT2D eigenvalue weighted by Crippen LogP contribution is -2.19. The Kier molecular flexibility index (Phi) is 3.74. The predicted octanol–water partition coefficient (Wildman–Crippen LogP) is 1.14. The minimum absolute atomic E-state index is 0.141. The number of nitrogens with two attached hydrogens (primary N) is 1. The van der Waals surface area contributed by atoms with Crippen LogP contribution in [0.3, 0.4) is 0 Å². The third-order valence-electron chi connectivity index (χ3n) is 2.52. The van der Waals surface area contributed by atoms with Gasteiger partial charge in [0.05, 0.1) is 19.4 Å². The molecule has 88 valence electrons. The Bertz CT molecular complexity index is 318. The first-order chi connectivity index (χ1) is 7.74. The fourth-order valence-electron chi connectivity index (χ4n) is 1.73. The zero-order valence-corrected chi connectivity index (χ0v) is 9.56. The fraction of sp³-hybridized carbons (Fsp3) is 0.583. The van der Waals surface area contributed by atoms with Crippen LogP contribution in [-0.2, 0) is 11.2 Å². The van der Waals surface area contributed by atoms with Gasteiger partial charge in [-0.15, -0.1) is 0 Å². The van der Waals surface area contributed by atoms with Gasteiger partial charge in [-0.3, -0.25) is 4.98 Å². The zero-order chi connectivity index (χ0) is 11.4. The lowest BCUT2D eigenvalue weighted by molar-refractivity contribution is 0.141.